The van der Waals surface area contributed by atoms with Crippen molar-refractivity contribution in [2.24, 2.45) is 0 Å². The molecule has 0 radical (unpaired) electrons. The second-order valence-electron chi connectivity index (χ2n) is 8.69. The van der Waals surface area contributed by atoms with Gasteiger partial charge in [-0.1, -0.05) is 51.1 Å². The highest BCUT2D eigenvalue weighted by Crippen LogP contribution is 2.31. The highest BCUT2D eigenvalue weighted by molar-refractivity contribution is 7.89. The van der Waals surface area contributed by atoms with Crippen LogP contribution in [0.4, 0.5) is 5.82 Å². The van der Waals surface area contributed by atoms with E-state index in [-0.39, 0.29) is 29.9 Å². The van der Waals surface area contributed by atoms with E-state index in [0.717, 1.165) is 18.4 Å². The molecule has 0 saturated heterocycles. The normalized spacial score (nSPS) is 12.0. The van der Waals surface area contributed by atoms with E-state index in [9.17, 15) is 13.2 Å². The van der Waals surface area contributed by atoms with Crippen molar-refractivity contribution in [2.75, 3.05) is 11.9 Å². The third-order valence-corrected chi connectivity index (χ3v) is 8.18. The van der Waals surface area contributed by atoms with Gasteiger partial charge >= 0.3 is 5.97 Å². The van der Waals surface area contributed by atoms with Crippen molar-refractivity contribution in [1.29, 1.82) is 0 Å². The lowest BCUT2D eigenvalue weighted by molar-refractivity contribution is -0.134. The van der Waals surface area contributed by atoms with Crippen molar-refractivity contribution in [1.82, 2.24) is 14.3 Å². The SMILES string of the molecule is CCC(C)(CC)c1ccc(CN(Cc2cccc(NCC(=O)O)n2)S(=O)(=O)c2cccnc2)cc1. The molecule has 0 aliphatic rings. The number of benzene rings is 1. The molecule has 0 fully saturated rings. The van der Waals surface area contributed by atoms with Crippen LogP contribution in [0.5, 0.6) is 0 Å². The summed E-state index contributed by atoms with van der Waals surface area (Å²) in [7, 11) is -3.87. The molecule has 1 aromatic carbocycles. The van der Waals surface area contributed by atoms with Crippen LogP contribution < -0.4 is 5.32 Å². The molecule has 0 aliphatic carbocycles. The van der Waals surface area contributed by atoms with E-state index < -0.39 is 16.0 Å². The molecule has 3 rings (SSSR count). The zero-order valence-electron chi connectivity index (χ0n) is 20.3. The van der Waals surface area contributed by atoms with Crippen LogP contribution in [0.25, 0.3) is 0 Å². The van der Waals surface area contributed by atoms with Gasteiger partial charge in [0, 0.05) is 18.9 Å². The number of carbonyl (C=O) groups is 1. The maximum Gasteiger partial charge on any atom is 0.322 e. The summed E-state index contributed by atoms with van der Waals surface area (Å²) in [5.41, 5.74) is 2.66. The fourth-order valence-corrected chi connectivity index (χ4v) is 5.13. The summed E-state index contributed by atoms with van der Waals surface area (Å²) in [5, 5.41) is 11.6. The van der Waals surface area contributed by atoms with Gasteiger partial charge in [0.2, 0.25) is 10.0 Å². The summed E-state index contributed by atoms with van der Waals surface area (Å²) in [4.78, 5) is 19.3. The monoisotopic (exact) mass is 496 g/mol. The number of carboxylic acids is 1. The van der Waals surface area contributed by atoms with E-state index in [1.807, 2.05) is 12.1 Å². The quantitative estimate of drug-likeness (QED) is 0.381. The van der Waals surface area contributed by atoms with Crippen LogP contribution in [0, 0.1) is 0 Å². The van der Waals surface area contributed by atoms with Crippen molar-refractivity contribution in [3.05, 3.63) is 83.8 Å². The Morgan fingerprint density at radius 2 is 1.74 bits per heavy atom. The molecule has 186 valence electrons. The van der Waals surface area contributed by atoms with E-state index in [1.165, 1.54) is 28.3 Å². The lowest BCUT2D eigenvalue weighted by atomic mass is 9.78. The average molecular weight is 497 g/mol. The zero-order chi connectivity index (χ0) is 25.5. The van der Waals surface area contributed by atoms with Crippen LogP contribution in [0.3, 0.4) is 0 Å². The number of aliphatic carboxylic acids is 1. The van der Waals surface area contributed by atoms with Gasteiger partial charge in [-0.2, -0.15) is 4.31 Å². The van der Waals surface area contributed by atoms with E-state index >= 15 is 0 Å². The topological polar surface area (TPSA) is 112 Å². The molecule has 2 heterocycles. The molecule has 35 heavy (non-hydrogen) atoms. The maximum atomic E-state index is 13.5. The third-order valence-electron chi connectivity index (χ3n) is 6.41. The number of hydrogen-bond donors (Lipinski definition) is 2. The number of nitrogens with zero attached hydrogens (tertiary/aromatic N) is 3. The van der Waals surface area contributed by atoms with E-state index in [4.69, 9.17) is 5.11 Å². The predicted molar refractivity (Wildman–Crippen MR) is 135 cm³/mol. The molecule has 3 aromatic rings. The van der Waals surface area contributed by atoms with Crippen LogP contribution in [0.2, 0.25) is 0 Å². The molecule has 2 N–H and O–H groups in total. The zero-order valence-corrected chi connectivity index (χ0v) is 21.1. The fourth-order valence-electron chi connectivity index (χ4n) is 3.76. The minimum absolute atomic E-state index is 0.0171. The largest absolute Gasteiger partial charge is 0.480 e. The Labute approximate surface area is 207 Å². The molecule has 2 aromatic heterocycles. The van der Waals surface area contributed by atoms with Gasteiger partial charge in [0.1, 0.15) is 17.3 Å². The van der Waals surface area contributed by atoms with E-state index in [1.54, 1.807) is 24.3 Å². The Morgan fingerprint density at radius 3 is 2.34 bits per heavy atom. The number of sulfonamides is 1. The first-order valence-electron chi connectivity index (χ1n) is 11.6. The summed E-state index contributed by atoms with van der Waals surface area (Å²) >= 11 is 0. The van der Waals surface area contributed by atoms with Crippen molar-refractivity contribution < 1.29 is 18.3 Å². The minimum Gasteiger partial charge on any atom is -0.480 e. The van der Waals surface area contributed by atoms with Gasteiger partial charge < -0.3 is 10.4 Å². The first kappa shape index (κ1) is 26.3. The highest BCUT2D eigenvalue weighted by atomic mass is 32.2. The van der Waals surface area contributed by atoms with Crippen LogP contribution in [-0.2, 0) is 33.3 Å². The smallest absolute Gasteiger partial charge is 0.322 e. The number of hydrogen-bond acceptors (Lipinski definition) is 6. The Balaban J connectivity index is 1.91. The number of anilines is 1. The Morgan fingerprint density at radius 1 is 1.03 bits per heavy atom. The van der Waals surface area contributed by atoms with Crippen LogP contribution >= 0.6 is 0 Å². The van der Waals surface area contributed by atoms with Gasteiger partial charge in [-0.3, -0.25) is 9.78 Å². The van der Waals surface area contributed by atoms with Gasteiger partial charge in [-0.15, -0.1) is 0 Å². The van der Waals surface area contributed by atoms with Gasteiger partial charge in [-0.25, -0.2) is 13.4 Å². The highest BCUT2D eigenvalue weighted by Gasteiger charge is 2.27. The van der Waals surface area contributed by atoms with Crippen molar-refractivity contribution >= 4 is 21.8 Å². The minimum atomic E-state index is -3.87. The van der Waals surface area contributed by atoms with Crippen molar-refractivity contribution in [2.45, 2.75) is 57.0 Å². The predicted octanol–water partition coefficient (Wildman–Crippen LogP) is 4.44. The fraction of sp³-hybridized carbons (Fsp3) is 0.346. The molecule has 0 atom stereocenters. The average Bonchev–Trinajstić information content (AvgIpc) is 2.87. The maximum absolute atomic E-state index is 13.5. The van der Waals surface area contributed by atoms with Crippen molar-refractivity contribution in [3.63, 3.8) is 0 Å². The van der Waals surface area contributed by atoms with Crippen LogP contribution in [0.1, 0.15) is 50.4 Å². The first-order chi connectivity index (χ1) is 16.7. The van der Waals surface area contributed by atoms with Gasteiger partial charge in [0.15, 0.2) is 0 Å². The summed E-state index contributed by atoms with van der Waals surface area (Å²) in [6.45, 7) is 6.47. The van der Waals surface area contributed by atoms with Gasteiger partial charge in [0.25, 0.3) is 0 Å². The molecule has 9 heteroatoms. The number of pyridine rings is 2. The molecular weight excluding hydrogens is 464 g/mol. The van der Waals surface area contributed by atoms with Gasteiger partial charge in [0.05, 0.1) is 12.2 Å². The summed E-state index contributed by atoms with van der Waals surface area (Å²) in [5.74, 6) is -0.643. The second-order valence-corrected chi connectivity index (χ2v) is 10.6. The Hall–Kier alpha value is -3.30. The molecule has 0 aliphatic heterocycles. The molecule has 8 nitrogen and oxygen atoms in total. The summed E-state index contributed by atoms with van der Waals surface area (Å²) in [6.07, 6.45) is 4.89. The van der Waals surface area contributed by atoms with Crippen LogP contribution in [0.15, 0.2) is 71.9 Å². The third kappa shape index (κ3) is 6.64. The lowest BCUT2D eigenvalue weighted by Crippen LogP contribution is -2.31. The Bertz CT molecular complexity index is 1230. The molecular formula is C26H32N4O4S. The summed E-state index contributed by atoms with van der Waals surface area (Å²) in [6, 6.07) is 16.3. The molecule has 0 spiro atoms. The summed E-state index contributed by atoms with van der Waals surface area (Å²) < 4.78 is 28.4. The molecule has 0 saturated carbocycles. The Kier molecular flexibility index (Phi) is 8.58. The number of nitrogens with one attached hydrogen (secondary N) is 1. The standard InChI is InChI=1S/C26H32N4O4S/c1-4-26(3,5-2)21-13-11-20(12-14-21)18-30(35(33,34)23-9-7-15-27-16-23)19-22-8-6-10-24(29-22)28-17-25(31)32/h6-16H,4-5,17-19H2,1-3H3,(H,28,29)(H,31,32). The first-order valence-corrected chi connectivity index (χ1v) is 13.0. The number of aromatic nitrogens is 2. The number of rotatable bonds is 12. The van der Waals surface area contributed by atoms with Gasteiger partial charge in [-0.05, 0) is 53.6 Å². The molecule has 0 unspecified atom stereocenters. The number of carboxylic acid groups (broad SMARTS) is 1. The molecule has 0 amide bonds. The van der Waals surface area contributed by atoms with Crippen LogP contribution in [-0.4, -0.2) is 40.3 Å². The van der Waals surface area contributed by atoms with E-state index in [0.29, 0.717) is 11.5 Å². The lowest BCUT2D eigenvalue weighted by Gasteiger charge is -2.28. The second kappa shape index (κ2) is 11.4. The van der Waals surface area contributed by atoms with Crippen molar-refractivity contribution in [3.8, 4) is 0 Å². The molecule has 0 bridgehead atoms. The van der Waals surface area contributed by atoms with E-state index in [2.05, 4.69) is 48.2 Å².